The van der Waals surface area contributed by atoms with Gasteiger partial charge in [-0.2, -0.15) is 0 Å². The summed E-state index contributed by atoms with van der Waals surface area (Å²) >= 11 is 0. The number of hydrogen-bond acceptors (Lipinski definition) is 7. The van der Waals surface area contributed by atoms with Gasteiger partial charge in [-0.25, -0.2) is 4.79 Å². The van der Waals surface area contributed by atoms with Crippen LogP contribution in [0.2, 0.25) is 0 Å². The molecule has 0 fully saturated rings. The molecule has 154 valence electrons. The molecule has 0 saturated heterocycles. The number of carboxylic acid groups (broad SMARTS) is 1. The van der Waals surface area contributed by atoms with Crippen molar-refractivity contribution in [3.63, 3.8) is 0 Å². The molecule has 8 heteroatoms. The second-order valence-electron chi connectivity index (χ2n) is 5.69. The second-order valence-corrected chi connectivity index (χ2v) is 5.69. The first kappa shape index (κ1) is 21.6. The highest BCUT2D eigenvalue weighted by Crippen LogP contribution is 2.35. The molecule has 0 aliphatic rings. The lowest BCUT2D eigenvalue weighted by molar-refractivity contribution is -0.139. The number of carbonyl (C=O) groups excluding carboxylic acids is 1. The van der Waals surface area contributed by atoms with E-state index >= 15 is 0 Å². The lowest BCUT2D eigenvalue weighted by atomic mass is 10.1. The van der Waals surface area contributed by atoms with Crippen molar-refractivity contribution in [3.8, 4) is 28.7 Å². The molecule has 0 bridgehead atoms. The predicted molar refractivity (Wildman–Crippen MR) is 106 cm³/mol. The van der Waals surface area contributed by atoms with E-state index in [1.54, 1.807) is 18.2 Å². The first-order valence-corrected chi connectivity index (χ1v) is 8.48. The number of aliphatic carboxylic acids is 1. The zero-order chi connectivity index (χ0) is 21.4. The van der Waals surface area contributed by atoms with E-state index in [2.05, 4.69) is 0 Å². The Bertz CT molecular complexity index is 917. The Morgan fingerprint density at radius 1 is 0.828 bits per heavy atom. The molecule has 0 atom stereocenters. The van der Waals surface area contributed by atoms with Crippen LogP contribution in [0.4, 0.5) is 0 Å². The molecule has 0 aliphatic carbocycles. The van der Waals surface area contributed by atoms with E-state index in [1.807, 2.05) is 0 Å². The van der Waals surface area contributed by atoms with Crippen molar-refractivity contribution in [2.24, 2.45) is 0 Å². The summed E-state index contributed by atoms with van der Waals surface area (Å²) in [6.45, 7) is -0.511. The van der Waals surface area contributed by atoms with Crippen molar-refractivity contribution in [1.29, 1.82) is 0 Å². The molecule has 8 nitrogen and oxygen atoms in total. The topological polar surface area (TPSA) is 101 Å². The average molecular weight is 402 g/mol. The molecule has 0 saturated carbocycles. The van der Waals surface area contributed by atoms with Gasteiger partial charge in [0.25, 0.3) is 0 Å². The number of ketones is 1. The zero-order valence-electron chi connectivity index (χ0n) is 16.6. The summed E-state index contributed by atoms with van der Waals surface area (Å²) < 4.78 is 26.2. The third kappa shape index (κ3) is 5.41. The lowest BCUT2D eigenvalue weighted by Crippen LogP contribution is -2.10. The smallest absolute Gasteiger partial charge is 0.341 e. The molecular formula is C21H22O8. The van der Waals surface area contributed by atoms with Crippen molar-refractivity contribution >= 4 is 17.8 Å². The maximum absolute atomic E-state index is 12.6. The van der Waals surface area contributed by atoms with Crippen LogP contribution in [-0.2, 0) is 4.79 Å². The highest BCUT2D eigenvalue weighted by atomic mass is 16.5. The zero-order valence-corrected chi connectivity index (χ0v) is 16.6. The minimum atomic E-state index is -1.11. The Morgan fingerprint density at radius 3 is 2.00 bits per heavy atom. The van der Waals surface area contributed by atoms with E-state index in [1.165, 1.54) is 52.7 Å². The third-order valence-electron chi connectivity index (χ3n) is 3.95. The van der Waals surface area contributed by atoms with Crippen LogP contribution in [0.5, 0.6) is 28.7 Å². The maximum atomic E-state index is 12.6. The van der Waals surface area contributed by atoms with E-state index in [0.717, 1.165) is 0 Å². The first-order chi connectivity index (χ1) is 13.9. The Kier molecular flexibility index (Phi) is 7.47. The molecule has 0 radical (unpaired) electrons. The first-order valence-electron chi connectivity index (χ1n) is 8.48. The van der Waals surface area contributed by atoms with Gasteiger partial charge in [0.15, 0.2) is 35.4 Å². The molecule has 29 heavy (non-hydrogen) atoms. The largest absolute Gasteiger partial charge is 0.496 e. The minimum Gasteiger partial charge on any atom is -0.496 e. The standard InChI is InChI=1S/C21H22O8/c1-25-17-11-20(28-4)19(27-3)10-14(17)5-7-15(22)13-6-8-16(18(9-13)26-2)29-12-21(23)24/h5-11H,12H2,1-4H3,(H,23,24)/b7-5+. The SMILES string of the molecule is COc1cc(OC)c(OC)cc1/C=C/C(=O)c1ccc(OCC(=O)O)c(OC)c1. The van der Waals surface area contributed by atoms with Gasteiger partial charge in [0.2, 0.25) is 0 Å². The summed E-state index contributed by atoms with van der Waals surface area (Å²) in [5.74, 6) is 0.619. The van der Waals surface area contributed by atoms with Crippen LogP contribution in [0.3, 0.4) is 0 Å². The molecule has 0 aliphatic heterocycles. The second kappa shape index (κ2) is 10.0. The van der Waals surface area contributed by atoms with Crippen molar-refractivity contribution in [1.82, 2.24) is 0 Å². The van der Waals surface area contributed by atoms with Gasteiger partial charge in [0.05, 0.1) is 28.4 Å². The van der Waals surface area contributed by atoms with Gasteiger partial charge in [-0.1, -0.05) is 0 Å². The molecular weight excluding hydrogens is 380 g/mol. The van der Waals surface area contributed by atoms with Crippen molar-refractivity contribution in [2.45, 2.75) is 0 Å². The van der Waals surface area contributed by atoms with Gasteiger partial charge >= 0.3 is 5.97 Å². The quantitative estimate of drug-likeness (QED) is 0.478. The fourth-order valence-electron chi connectivity index (χ4n) is 2.52. The summed E-state index contributed by atoms with van der Waals surface area (Å²) in [6, 6.07) is 7.86. The van der Waals surface area contributed by atoms with Crippen LogP contribution >= 0.6 is 0 Å². The maximum Gasteiger partial charge on any atom is 0.341 e. The number of rotatable bonds is 10. The van der Waals surface area contributed by atoms with Gasteiger partial charge < -0.3 is 28.8 Å². The van der Waals surface area contributed by atoms with Gasteiger partial charge in [-0.15, -0.1) is 0 Å². The fraction of sp³-hybridized carbons (Fsp3) is 0.238. The molecule has 0 amide bonds. The summed E-state index contributed by atoms with van der Waals surface area (Å²) in [5.41, 5.74) is 0.979. The van der Waals surface area contributed by atoms with E-state index in [-0.39, 0.29) is 17.3 Å². The van der Waals surface area contributed by atoms with Crippen LogP contribution in [0.25, 0.3) is 6.08 Å². The molecule has 2 aromatic rings. The van der Waals surface area contributed by atoms with Gasteiger partial charge in [-0.05, 0) is 36.4 Å². The highest BCUT2D eigenvalue weighted by molar-refractivity contribution is 6.07. The number of methoxy groups -OCH3 is 4. The average Bonchev–Trinajstić information content (AvgIpc) is 2.74. The van der Waals surface area contributed by atoms with Crippen molar-refractivity contribution in [3.05, 3.63) is 47.5 Å². The molecule has 0 unspecified atom stereocenters. The highest BCUT2D eigenvalue weighted by Gasteiger charge is 2.13. The van der Waals surface area contributed by atoms with Crippen LogP contribution < -0.4 is 23.7 Å². The predicted octanol–water partition coefficient (Wildman–Crippen LogP) is 3.08. The van der Waals surface area contributed by atoms with E-state index in [9.17, 15) is 9.59 Å². The summed E-state index contributed by atoms with van der Waals surface area (Å²) in [6.07, 6.45) is 2.99. The number of carbonyl (C=O) groups is 2. The van der Waals surface area contributed by atoms with Gasteiger partial charge in [0.1, 0.15) is 5.75 Å². The lowest BCUT2D eigenvalue weighted by Gasteiger charge is -2.12. The molecule has 0 spiro atoms. The number of benzene rings is 2. The van der Waals surface area contributed by atoms with E-state index in [4.69, 9.17) is 28.8 Å². The number of carboxylic acids is 1. The molecule has 2 rings (SSSR count). The Morgan fingerprint density at radius 2 is 1.41 bits per heavy atom. The third-order valence-corrected chi connectivity index (χ3v) is 3.95. The van der Waals surface area contributed by atoms with E-state index in [0.29, 0.717) is 28.4 Å². The normalized spacial score (nSPS) is 10.5. The Labute approximate surface area is 168 Å². The summed E-state index contributed by atoms with van der Waals surface area (Å²) in [5, 5.41) is 8.72. The van der Waals surface area contributed by atoms with Crippen molar-refractivity contribution in [2.75, 3.05) is 35.0 Å². The number of allylic oxidation sites excluding steroid dienone is 1. The summed E-state index contributed by atoms with van der Waals surface area (Å²) in [7, 11) is 5.96. The molecule has 0 aromatic heterocycles. The van der Waals surface area contributed by atoms with Crippen LogP contribution in [0, 0.1) is 0 Å². The molecule has 1 N–H and O–H groups in total. The van der Waals surface area contributed by atoms with Crippen LogP contribution in [0.15, 0.2) is 36.4 Å². The number of hydrogen-bond donors (Lipinski definition) is 1. The Hall–Kier alpha value is -3.68. The number of ether oxygens (including phenoxy) is 5. The van der Waals surface area contributed by atoms with Gasteiger partial charge in [0, 0.05) is 17.2 Å². The van der Waals surface area contributed by atoms with Crippen molar-refractivity contribution < 1.29 is 38.4 Å². The fourth-order valence-corrected chi connectivity index (χ4v) is 2.52. The van der Waals surface area contributed by atoms with E-state index < -0.39 is 12.6 Å². The minimum absolute atomic E-state index is 0.233. The monoisotopic (exact) mass is 402 g/mol. The Balaban J connectivity index is 2.27. The van der Waals surface area contributed by atoms with Crippen LogP contribution in [0.1, 0.15) is 15.9 Å². The van der Waals surface area contributed by atoms with Crippen LogP contribution in [-0.4, -0.2) is 51.9 Å². The molecule has 2 aromatic carbocycles. The molecule has 0 heterocycles. The van der Waals surface area contributed by atoms with Gasteiger partial charge in [-0.3, -0.25) is 4.79 Å². The summed E-state index contributed by atoms with van der Waals surface area (Å²) in [4.78, 5) is 23.2.